The average Bonchev–Trinajstić information content (AvgIpc) is 2.15. The van der Waals surface area contributed by atoms with Crippen molar-refractivity contribution in [1.82, 2.24) is 0 Å². The summed E-state index contributed by atoms with van der Waals surface area (Å²) in [5, 5.41) is 8.50. The number of carbonyl (C=O) groups is 1. The highest BCUT2D eigenvalue weighted by Gasteiger charge is 1.97. The van der Waals surface area contributed by atoms with E-state index in [0.717, 1.165) is 11.8 Å². The quantitative estimate of drug-likeness (QED) is 0.512. The summed E-state index contributed by atoms with van der Waals surface area (Å²) in [6, 6.07) is 5.41. The van der Waals surface area contributed by atoms with Gasteiger partial charge in [0.15, 0.2) is 6.29 Å². The molecule has 0 fully saturated rings. The first kappa shape index (κ1) is 9.50. The molecule has 0 unspecified atom stereocenters. The van der Waals surface area contributed by atoms with E-state index in [-0.39, 0.29) is 6.61 Å². The molecule has 2 heteroatoms. The fraction of sp³-hybridized carbons (Fsp3) is 0.182. The van der Waals surface area contributed by atoms with Gasteiger partial charge in [0.1, 0.15) is 6.61 Å². The average molecular weight is 174 g/mol. The number of aldehydes is 1. The number of aliphatic hydroxyl groups is 1. The molecule has 0 aliphatic heterocycles. The van der Waals surface area contributed by atoms with Crippen LogP contribution in [0.15, 0.2) is 18.2 Å². The van der Waals surface area contributed by atoms with Crippen LogP contribution in [0.25, 0.3) is 0 Å². The van der Waals surface area contributed by atoms with E-state index >= 15 is 0 Å². The molecule has 0 radical (unpaired) electrons. The second-order valence-corrected chi connectivity index (χ2v) is 2.67. The second-order valence-electron chi connectivity index (χ2n) is 2.67. The van der Waals surface area contributed by atoms with Crippen LogP contribution in [0.5, 0.6) is 0 Å². The summed E-state index contributed by atoms with van der Waals surface area (Å²) >= 11 is 0. The molecular formula is C11H10O2. The number of benzene rings is 1. The first-order valence-electron chi connectivity index (χ1n) is 3.93. The highest BCUT2D eigenvalue weighted by molar-refractivity contribution is 5.79. The molecule has 0 aliphatic carbocycles. The van der Waals surface area contributed by atoms with E-state index in [1.165, 1.54) is 0 Å². The number of aliphatic hydroxyl groups excluding tert-OH is 1. The molecule has 0 heterocycles. The zero-order valence-corrected chi connectivity index (χ0v) is 7.37. The lowest BCUT2D eigenvalue weighted by atomic mass is 10.1. The highest BCUT2D eigenvalue weighted by Crippen LogP contribution is 2.07. The molecule has 13 heavy (non-hydrogen) atoms. The molecule has 1 rings (SSSR count). The van der Waals surface area contributed by atoms with Gasteiger partial charge in [-0.1, -0.05) is 24.0 Å². The maximum absolute atomic E-state index is 10.6. The van der Waals surface area contributed by atoms with Gasteiger partial charge in [0.2, 0.25) is 0 Å². The summed E-state index contributed by atoms with van der Waals surface area (Å²) in [5.41, 5.74) is 2.28. The fourth-order valence-electron chi connectivity index (χ4n) is 1.02. The van der Waals surface area contributed by atoms with Crippen molar-refractivity contribution in [2.45, 2.75) is 6.92 Å². The highest BCUT2D eigenvalue weighted by atomic mass is 16.2. The van der Waals surface area contributed by atoms with Crippen LogP contribution < -0.4 is 0 Å². The Kier molecular flexibility index (Phi) is 3.24. The molecule has 0 atom stereocenters. The van der Waals surface area contributed by atoms with E-state index in [1.54, 1.807) is 6.07 Å². The third-order valence-corrected chi connectivity index (χ3v) is 1.64. The molecule has 0 aromatic heterocycles. The number of aryl methyl sites for hydroxylation is 1. The lowest BCUT2D eigenvalue weighted by Crippen LogP contribution is -1.88. The van der Waals surface area contributed by atoms with E-state index < -0.39 is 0 Å². The number of hydrogen-bond acceptors (Lipinski definition) is 2. The minimum atomic E-state index is -0.188. The number of carbonyl (C=O) groups excluding carboxylic acids is 1. The van der Waals surface area contributed by atoms with Crippen molar-refractivity contribution in [1.29, 1.82) is 0 Å². The van der Waals surface area contributed by atoms with Crippen LogP contribution in [0.4, 0.5) is 0 Å². The lowest BCUT2D eigenvalue weighted by molar-refractivity contribution is 0.112. The molecule has 0 spiro atoms. The summed E-state index contributed by atoms with van der Waals surface area (Å²) in [6.45, 7) is 1.74. The standard InChI is InChI=1S/C11H10O2/c1-9-4-5-11(8-13)10(7-9)3-2-6-12/h4-5,7-8,12H,6H2,1H3. The Bertz CT molecular complexity index is 369. The van der Waals surface area contributed by atoms with Crippen LogP contribution in [-0.2, 0) is 0 Å². The van der Waals surface area contributed by atoms with E-state index in [0.29, 0.717) is 11.1 Å². The van der Waals surface area contributed by atoms with Crippen LogP contribution in [0.3, 0.4) is 0 Å². The van der Waals surface area contributed by atoms with Crippen LogP contribution >= 0.6 is 0 Å². The van der Waals surface area contributed by atoms with Crippen LogP contribution in [0, 0.1) is 18.8 Å². The molecule has 1 N–H and O–H groups in total. The van der Waals surface area contributed by atoms with Gasteiger partial charge in [0.05, 0.1) is 0 Å². The first-order chi connectivity index (χ1) is 6.27. The third-order valence-electron chi connectivity index (χ3n) is 1.64. The molecule has 2 nitrogen and oxygen atoms in total. The van der Waals surface area contributed by atoms with Gasteiger partial charge in [-0.2, -0.15) is 0 Å². The summed E-state index contributed by atoms with van der Waals surface area (Å²) in [6.07, 6.45) is 0.765. The zero-order chi connectivity index (χ0) is 9.68. The molecule has 0 amide bonds. The second kappa shape index (κ2) is 4.44. The van der Waals surface area contributed by atoms with E-state index in [4.69, 9.17) is 5.11 Å². The van der Waals surface area contributed by atoms with Crippen molar-refractivity contribution >= 4 is 6.29 Å². The maximum Gasteiger partial charge on any atom is 0.151 e. The molecule has 0 saturated heterocycles. The summed E-state index contributed by atoms with van der Waals surface area (Å²) in [7, 11) is 0. The molecule has 0 aliphatic rings. The van der Waals surface area contributed by atoms with Gasteiger partial charge in [-0.3, -0.25) is 4.79 Å². The summed E-state index contributed by atoms with van der Waals surface area (Å²) in [4.78, 5) is 10.6. The van der Waals surface area contributed by atoms with Gasteiger partial charge in [-0.25, -0.2) is 0 Å². The number of hydrogen-bond donors (Lipinski definition) is 1. The molecule has 1 aromatic rings. The van der Waals surface area contributed by atoms with Gasteiger partial charge >= 0.3 is 0 Å². The predicted molar refractivity (Wildman–Crippen MR) is 50.5 cm³/mol. The van der Waals surface area contributed by atoms with Crippen LogP contribution in [-0.4, -0.2) is 18.0 Å². The van der Waals surface area contributed by atoms with Gasteiger partial charge < -0.3 is 5.11 Å². The van der Waals surface area contributed by atoms with Gasteiger partial charge in [-0.15, -0.1) is 0 Å². The van der Waals surface area contributed by atoms with Crippen molar-refractivity contribution in [3.8, 4) is 11.8 Å². The topological polar surface area (TPSA) is 37.3 Å². The van der Waals surface area contributed by atoms with Crippen molar-refractivity contribution in [2.24, 2.45) is 0 Å². The smallest absolute Gasteiger partial charge is 0.151 e. The Hall–Kier alpha value is -1.59. The summed E-state index contributed by atoms with van der Waals surface area (Å²) < 4.78 is 0. The van der Waals surface area contributed by atoms with Gasteiger partial charge in [0, 0.05) is 11.1 Å². The Morgan fingerprint density at radius 3 is 2.92 bits per heavy atom. The van der Waals surface area contributed by atoms with Crippen molar-refractivity contribution in [2.75, 3.05) is 6.61 Å². The zero-order valence-electron chi connectivity index (χ0n) is 7.37. The van der Waals surface area contributed by atoms with Gasteiger partial charge in [-0.05, 0) is 18.6 Å². The number of rotatable bonds is 1. The molecule has 1 aromatic carbocycles. The Balaban J connectivity index is 3.15. The van der Waals surface area contributed by atoms with Crippen LogP contribution in [0.1, 0.15) is 21.5 Å². The normalized spacial score (nSPS) is 8.77. The lowest BCUT2D eigenvalue weighted by Gasteiger charge is -1.97. The third kappa shape index (κ3) is 2.43. The van der Waals surface area contributed by atoms with E-state index in [2.05, 4.69) is 11.8 Å². The molecule has 0 bridgehead atoms. The van der Waals surface area contributed by atoms with E-state index in [9.17, 15) is 4.79 Å². The SMILES string of the molecule is Cc1ccc(C=O)c(C#CCO)c1. The largest absolute Gasteiger partial charge is 0.384 e. The van der Waals surface area contributed by atoms with Crippen molar-refractivity contribution < 1.29 is 9.90 Å². The minimum Gasteiger partial charge on any atom is -0.384 e. The van der Waals surface area contributed by atoms with E-state index in [1.807, 2.05) is 19.1 Å². The van der Waals surface area contributed by atoms with Crippen molar-refractivity contribution in [3.63, 3.8) is 0 Å². The Morgan fingerprint density at radius 1 is 1.54 bits per heavy atom. The van der Waals surface area contributed by atoms with Gasteiger partial charge in [0.25, 0.3) is 0 Å². The predicted octanol–water partition coefficient (Wildman–Crippen LogP) is 1.15. The Morgan fingerprint density at radius 2 is 2.31 bits per heavy atom. The Labute approximate surface area is 77.2 Å². The maximum atomic E-state index is 10.6. The fourth-order valence-corrected chi connectivity index (χ4v) is 1.02. The van der Waals surface area contributed by atoms with Crippen molar-refractivity contribution in [3.05, 3.63) is 34.9 Å². The summed E-state index contributed by atoms with van der Waals surface area (Å²) in [5.74, 6) is 5.24. The molecule has 0 saturated carbocycles. The molecular weight excluding hydrogens is 164 g/mol. The first-order valence-corrected chi connectivity index (χ1v) is 3.93. The van der Waals surface area contributed by atoms with Crippen LogP contribution in [0.2, 0.25) is 0 Å². The molecule has 66 valence electrons. The minimum absolute atomic E-state index is 0.188. The monoisotopic (exact) mass is 174 g/mol.